The zero-order chi connectivity index (χ0) is 22.7. The first-order chi connectivity index (χ1) is 13.8. The standard InChI is InChI=1S/C24H32N2O4/c1-23(2,3)17-11-15(7-9-19(17)27)13-21(29)25-26-22(30)14-16-8-10-20(28)18(12-16)24(4,5)6/h7-12,27-28H,13-14H2,1-6H3,(H,25,29)(H,26,30). The lowest BCUT2D eigenvalue weighted by Gasteiger charge is -2.21. The largest absolute Gasteiger partial charge is 0.508 e. The van der Waals surface area contributed by atoms with E-state index in [2.05, 4.69) is 10.9 Å². The minimum Gasteiger partial charge on any atom is -0.508 e. The molecule has 0 saturated carbocycles. The second kappa shape index (κ2) is 8.78. The maximum atomic E-state index is 12.2. The lowest BCUT2D eigenvalue weighted by atomic mass is 9.85. The van der Waals surface area contributed by atoms with Crippen molar-refractivity contribution in [3.63, 3.8) is 0 Å². The monoisotopic (exact) mass is 412 g/mol. The number of benzene rings is 2. The summed E-state index contributed by atoms with van der Waals surface area (Å²) in [5.74, 6) is -0.308. The molecular formula is C24H32N2O4. The first-order valence-electron chi connectivity index (χ1n) is 10.00. The second-order valence-corrected chi connectivity index (χ2v) is 9.65. The number of aromatic hydroxyl groups is 2. The number of hydrogen-bond donors (Lipinski definition) is 4. The van der Waals surface area contributed by atoms with Crippen molar-refractivity contribution in [3.8, 4) is 11.5 Å². The summed E-state index contributed by atoms with van der Waals surface area (Å²) in [4.78, 5) is 24.4. The Balaban J connectivity index is 1.95. The Hall–Kier alpha value is -3.02. The third kappa shape index (κ3) is 6.24. The smallest absolute Gasteiger partial charge is 0.242 e. The summed E-state index contributed by atoms with van der Waals surface area (Å²) in [5, 5.41) is 20.1. The summed E-state index contributed by atoms with van der Waals surface area (Å²) in [7, 11) is 0. The molecule has 4 N–H and O–H groups in total. The zero-order valence-corrected chi connectivity index (χ0v) is 18.6. The van der Waals surface area contributed by atoms with Gasteiger partial charge in [0.15, 0.2) is 0 Å². The molecular weight excluding hydrogens is 380 g/mol. The molecule has 0 spiro atoms. The number of carbonyl (C=O) groups is 2. The number of phenols is 2. The minimum atomic E-state index is -0.352. The number of amides is 2. The lowest BCUT2D eigenvalue weighted by Crippen LogP contribution is -2.43. The molecule has 6 heteroatoms. The van der Waals surface area contributed by atoms with Gasteiger partial charge >= 0.3 is 0 Å². The molecule has 2 aromatic rings. The van der Waals surface area contributed by atoms with Crippen LogP contribution < -0.4 is 10.9 Å². The van der Waals surface area contributed by atoms with Crippen molar-refractivity contribution in [2.45, 2.75) is 65.2 Å². The highest BCUT2D eigenvalue weighted by atomic mass is 16.3. The van der Waals surface area contributed by atoms with Crippen LogP contribution in [0.4, 0.5) is 0 Å². The Labute approximate surface area is 178 Å². The Bertz CT molecular complexity index is 860. The van der Waals surface area contributed by atoms with E-state index in [1.54, 1.807) is 36.4 Å². The topological polar surface area (TPSA) is 98.7 Å². The number of hydrogen-bond acceptors (Lipinski definition) is 4. The molecule has 0 atom stereocenters. The van der Waals surface area contributed by atoms with Crippen molar-refractivity contribution >= 4 is 11.8 Å². The molecule has 0 heterocycles. The van der Waals surface area contributed by atoms with E-state index >= 15 is 0 Å². The van der Waals surface area contributed by atoms with Crippen molar-refractivity contribution in [1.29, 1.82) is 0 Å². The van der Waals surface area contributed by atoms with Gasteiger partial charge in [0, 0.05) is 0 Å². The molecule has 2 rings (SSSR count). The molecule has 0 aliphatic heterocycles. The SMILES string of the molecule is CC(C)(C)c1cc(CC(=O)NNC(=O)Cc2ccc(O)c(C(C)(C)C)c2)ccc1O. The van der Waals surface area contributed by atoms with Gasteiger partial charge in [0.25, 0.3) is 0 Å². The average Bonchev–Trinajstić information content (AvgIpc) is 2.61. The van der Waals surface area contributed by atoms with Gasteiger partial charge in [-0.2, -0.15) is 0 Å². The molecule has 0 unspecified atom stereocenters. The van der Waals surface area contributed by atoms with E-state index in [1.807, 2.05) is 41.5 Å². The normalized spacial score (nSPS) is 11.8. The Morgan fingerprint density at radius 3 is 1.33 bits per heavy atom. The predicted octanol–water partition coefficient (Wildman–Crippen LogP) is 3.63. The number of phenolic OH excluding ortho intramolecular Hbond substituents is 2. The maximum Gasteiger partial charge on any atom is 0.242 e. The fraction of sp³-hybridized carbons (Fsp3) is 0.417. The molecule has 0 aliphatic rings. The van der Waals surface area contributed by atoms with Gasteiger partial charge < -0.3 is 10.2 Å². The zero-order valence-electron chi connectivity index (χ0n) is 18.6. The lowest BCUT2D eigenvalue weighted by molar-refractivity contribution is -0.128. The van der Waals surface area contributed by atoms with Crippen molar-refractivity contribution in [2.75, 3.05) is 0 Å². The molecule has 0 saturated heterocycles. The summed E-state index contributed by atoms with van der Waals surface area (Å²) in [6, 6.07) is 10.2. The van der Waals surface area contributed by atoms with E-state index in [4.69, 9.17) is 0 Å². The van der Waals surface area contributed by atoms with Gasteiger partial charge in [0.2, 0.25) is 11.8 Å². The average molecular weight is 413 g/mol. The van der Waals surface area contributed by atoms with Crippen molar-refractivity contribution in [1.82, 2.24) is 10.9 Å². The van der Waals surface area contributed by atoms with E-state index in [0.717, 1.165) is 22.3 Å². The summed E-state index contributed by atoms with van der Waals surface area (Å²) in [6.07, 6.45) is 0.161. The molecule has 0 aliphatic carbocycles. The fourth-order valence-electron chi connectivity index (χ4n) is 3.19. The Kier molecular flexibility index (Phi) is 6.80. The highest BCUT2D eigenvalue weighted by Gasteiger charge is 2.20. The minimum absolute atomic E-state index is 0.0804. The van der Waals surface area contributed by atoms with Crippen LogP contribution in [0, 0.1) is 0 Å². The van der Waals surface area contributed by atoms with Crippen LogP contribution in [0.5, 0.6) is 11.5 Å². The number of carbonyl (C=O) groups excluding carboxylic acids is 2. The van der Waals surface area contributed by atoms with Crippen LogP contribution in [0.2, 0.25) is 0 Å². The van der Waals surface area contributed by atoms with Crippen LogP contribution in [0.15, 0.2) is 36.4 Å². The van der Waals surface area contributed by atoms with Gasteiger partial charge in [0.05, 0.1) is 12.8 Å². The van der Waals surface area contributed by atoms with Crippen LogP contribution in [0.25, 0.3) is 0 Å². The van der Waals surface area contributed by atoms with Gasteiger partial charge in [-0.25, -0.2) is 0 Å². The predicted molar refractivity (Wildman–Crippen MR) is 117 cm³/mol. The Morgan fingerprint density at radius 2 is 1.03 bits per heavy atom. The summed E-state index contributed by atoms with van der Waals surface area (Å²) in [5.41, 5.74) is 7.38. The summed E-state index contributed by atoms with van der Waals surface area (Å²) >= 11 is 0. The molecule has 2 aromatic carbocycles. The molecule has 0 bridgehead atoms. The molecule has 0 aromatic heterocycles. The van der Waals surface area contributed by atoms with Crippen LogP contribution in [-0.2, 0) is 33.3 Å². The van der Waals surface area contributed by atoms with Crippen LogP contribution >= 0.6 is 0 Å². The molecule has 162 valence electrons. The highest BCUT2D eigenvalue weighted by Crippen LogP contribution is 2.32. The number of rotatable bonds is 4. The van der Waals surface area contributed by atoms with Gasteiger partial charge in [-0.1, -0.05) is 65.8 Å². The van der Waals surface area contributed by atoms with Crippen molar-refractivity contribution in [2.24, 2.45) is 0 Å². The highest BCUT2D eigenvalue weighted by molar-refractivity contribution is 5.84. The number of nitrogens with one attached hydrogen (secondary N) is 2. The second-order valence-electron chi connectivity index (χ2n) is 9.65. The number of hydrazine groups is 1. The van der Waals surface area contributed by atoms with Crippen LogP contribution in [0.3, 0.4) is 0 Å². The summed E-state index contributed by atoms with van der Waals surface area (Å²) in [6.45, 7) is 11.9. The van der Waals surface area contributed by atoms with E-state index in [-0.39, 0.29) is 47.0 Å². The van der Waals surface area contributed by atoms with Gasteiger partial charge in [-0.15, -0.1) is 0 Å². The molecule has 0 radical (unpaired) electrons. The van der Waals surface area contributed by atoms with Gasteiger partial charge in [-0.05, 0) is 45.2 Å². The molecule has 2 amide bonds. The fourth-order valence-corrected chi connectivity index (χ4v) is 3.19. The molecule has 30 heavy (non-hydrogen) atoms. The Morgan fingerprint density at radius 1 is 0.700 bits per heavy atom. The van der Waals surface area contributed by atoms with E-state index < -0.39 is 0 Å². The van der Waals surface area contributed by atoms with E-state index in [9.17, 15) is 19.8 Å². The van der Waals surface area contributed by atoms with Gasteiger partial charge in [-0.3, -0.25) is 20.4 Å². The summed E-state index contributed by atoms with van der Waals surface area (Å²) < 4.78 is 0. The van der Waals surface area contributed by atoms with Crippen molar-refractivity contribution in [3.05, 3.63) is 58.7 Å². The van der Waals surface area contributed by atoms with Crippen LogP contribution in [-0.4, -0.2) is 22.0 Å². The van der Waals surface area contributed by atoms with Crippen molar-refractivity contribution < 1.29 is 19.8 Å². The third-order valence-electron chi connectivity index (χ3n) is 4.81. The van der Waals surface area contributed by atoms with E-state index in [0.29, 0.717) is 0 Å². The van der Waals surface area contributed by atoms with Gasteiger partial charge in [0.1, 0.15) is 11.5 Å². The molecule has 6 nitrogen and oxygen atoms in total. The molecule has 0 fully saturated rings. The van der Waals surface area contributed by atoms with Crippen LogP contribution in [0.1, 0.15) is 63.8 Å². The first kappa shape index (κ1) is 23.3. The first-order valence-corrected chi connectivity index (χ1v) is 10.00. The quantitative estimate of drug-likeness (QED) is 0.577. The van der Waals surface area contributed by atoms with E-state index in [1.165, 1.54) is 0 Å². The third-order valence-corrected chi connectivity index (χ3v) is 4.81. The maximum absolute atomic E-state index is 12.2.